The third kappa shape index (κ3) is 3.76. The molecule has 3 rings (SSSR count). The lowest BCUT2D eigenvalue weighted by molar-refractivity contribution is -0.145. The maximum absolute atomic E-state index is 12.4. The summed E-state index contributed by atoms with van der Waals surface area (Å²) in [6.07, 6.45) is 1.55. The number of hydrogen-bond donors (Lipinski definition) is 1. The highest BCUT2D eigenvalue weighted by Gasteiger charge is 2.28. The van der Waals surface area contributed by atoms with E-state index in [4.69, 9.17) is 16.7 Å². The number of aromatic nitrogens is 1. The van der Waals surface area contributed by atoms with Gasteiger partial charge in [0, 0.05) is 24.0 Å². The predicted molar refractivity (Wildman–Crippen MR) is 93.2 cm³/mol. The molecule has 0 bridgehead atoms. The zero-order valence-corrected chi connectivity index (χ0v) is 14.5. The zero-order valence-electron chi connectivity index (χ0n) is 12.9. The second-order valence-corrected chi connectivity index (χ2v) is 7.08. The summed E-state index contributed by atoms with van der Waals surface area (Å²) in [6.45, 7) is 0.903. The Morgan fingerprint density at radius 2 is 2.17 bits per heavy atom. The molecule has 126 valence electrons. The lowest BCUT2D eigenvalue weighted by atomic mass is 9.98. The van der Waals surface area contributed by atoms with Crippen molar-refractivity contribution in [1.82, 2.24) is 9.88 Å². The molecule has 1 amide bonds. The van der Waals surface area contributed by atoms with E-state index < -0.39 is 11.9 Å². The van der Waals surface area contributed by atoms with Gasteiger partial charge in [-0.3, -0.25) is 9.59 Å². The Morgan fingerprint density at radius 3 is 2.92 bits per heavy atom. The van der Waals surface area contributed by atoms with Crippen LogP contribution in [0.1, 0.15) is 18.5 Å². The third-order valence-electron chi connectivity index (χ3n) is 4.11. The highest BCUT2D eigenvalue weighted by Crippen LogP contribution is 2.30. The van der Waals surface area contributed by atoms with Gasteiger partial charge >= 0.3 is 5.97 Å². The van der Waals surface area contributed by atoms with Crippen LogP contribution in [-0.4, -0.2) is 40.0 Å². The molecule has 2 aromatic rings. The van der Waals surface area contributed by atoms with E-state index >= 15 is 0 Å². The number of aliphatic carboxylic acids is 1. The fraction of sp³-hybridized carbons (Fsp3) is 0.353. The zero-order chi connectivity index (χ0) is 17.1. The summed E-state index contributed by atoms with van der Waals surface area (Å²) in [5.74, 6) is -1.36. The molecule has 7 heteroatoms. The van der Waals surface area contributed by atoms with E-state index in [1.165, 1.54) is 11.3 Å². The molecule has 1 aromatic heterocycles. The van der Waals surface area contributed by atoms with Gasteiger partial charge in [-0.25, -0.2) is 4.98 Å². The minimum absolute atomic E-state index is 0.0723. The van der Waals surface area contributed by atoms with Crippen molar-refractivity contribution >= 4 is 34.8 Å². The predicted octanol–water partition coefficient (Wildman–Crippen LogP) is 3.33. The Hall–Kier alpha value is -1.92. The number of thiazole rings is 1. The largest absolute Gasteiger partial charge is 0.481 e. The standard InChI is InChI=1S/C17H17ClN2O3S/c18-14-6-2-1-5-13(14)16-19-12(10-24-16)8-15(21)20-7-3-4-11(9-20)17(22)23/h1-2,5-6,10-11H,3-4,7-9H2,(H,22,23)/t11-/m1/s1. The maximum Gasteiger partial charge on any atom is 0.308 e. The molecule has 1 atom stereocenters. The first-order valence-electron chi connectivity index (χ1n) is 7.74. The average Bonchev–Trinajstić information content (AvgIpc) is 3.03. The molecular formula is C17H17ClN2O3S. The van der Waals surface area contributed by atoms with E-state index in [9.17, 15) is 9.59 Å². The summed E-state index contributed by atoms with van der Waals surface area (Å²) in [4.78, 5) is 29.7. The number of nitrogens with zero attached hydrogens (tertiary/aromatic N) is 2. The fourth-order valence-corrected chi connectivity index (χ4v) is 3.96. The number of carbonyl (C=O) groups excluding carboxylic acids is 1. The van der Waals surface area contributed by atoms with Crippen molar-refractivity contribution in [3.05, 3.63) is 40.4 Å². The SMILES string of the molecule is O=C(O)[C@@H]1CCCN(C(=O)Cc2csc(-c3ccccc3Cl)n2)C1. The minimum atomic E-state index is -0.831. The van der Waals surface area contributed by atoms with E-state index in [1.54, 1.807) is 4.90 Å². The molecule has 24 heavy (non-hydrogen) atoms. The second-order valence-electron chi connectivity index (χ2n) is 5.82. The number of carboxylic acids is 1. The van der Waals surface area contributed by atoms with E-state index in [1.807, 2.05) is 29.6 Å². The molecule has 0 unspecified atom stereocenters. The second kappa shape index (κ2) is 7.32. The molecular weight excluding hydrogens is 348 g/mol. The Balaban J connectivity index is 1.67. The maximum atomic E-state index is 12.4. The van der Waals surface area contributed by atoms with Gasteiger partial charge in [0.15, 0.2) is 0 Å². The van der Waals surface area contributed by atoms with Gasteiger partial charge in [-0.15, -0.1) is 11.3 Å². The Morgan fingerprint density at radius 1 is 1.38 bits per heavy atom. The van der Waals surface area contributed by atoms with Crippen molar-refractivity contribution in [3.63, 3.8) is 0 Å². The molecule has 0 aliphatic carbocycles. The molecule has 0 spiro atoms. The van der Waals surface area contributed by atoms with Crippen LogP contribution in [0, 0.1) is 5.92 Å². The highest BCUT2D eigenvalue weighted by atomic mass is 35.5. The first kappa shape index (κ1) is 16.9. The molecule has 5 nitrogen and oxygen atoms in total. The summed E-state index contributed by atoms with van der Waals surface area (Å²) >= 11 is 7.63. The quantitative estimate of drug-likeness (QED) is 0.903. The Bertz CT molecular complexity index is 762. The van der Waals surface area contributed by atoms with Crippen LogP contribution in [0.15, 0.2) is 29.6 Å². The summed E-state index contributed by atoms with van der Waals surface area (Å²) in [5, 5.41) is 12.4. The van der Waals surface area contributed by atoms with Crippen molar-refractivity contribution in [2.24, 2.45) is 5.92 Å². The van der Waals surface area contributed by atoms with Crippen LogP contribution < -0.4 is 0 Å². The van der Waals surface area contributed by atoms with Crippen LogP contribution in [0.3, 0.4) is 0 Å². The number of halogens is 1. The number of carboxylic acid groups (broad SMARTS) is 1. The van der Waals surface area contributed by atoms with Crippen LogP contribution >= 0.6 is 22.9 Å². The number of amides is 1. The third-order valence-corrected chi connectivity index (χ3v) is 5.37. The number of likely N-dealkylation sites (tertiary alicyclic amines) is 1. The van der Waals surface area contributed by atoms with Gasteiger partial charge in [-0.05, 0) is 18.9 Å². The van der Waals surface area contributed by atoms with Crippen molar-refractivity contribution in [2.75, 3.05) is 13.1 Å². The topological polar surface area (TPSA) is 70.5 Å². The first-order chi connectivity index (χ1) is 11.5. The van der Waals surface area contributed by atoms with Crippen LogP contribution in [0.5, 0.6) is 0 Å². The number of benzene rings is 1. The van der Waals surface area contributed by atoms with Gasteiger partial charge in [0.1, 0.15) is 5.01 Å². The van der Waals surface area contributed by atoms with E-state index in [-0.39, 0.29) is 18.9 Å². The minimum Gasteiger partial charge on any atom is -0.481 e. The van der Waals surface area contributed by atoms with Gasteiger partial charge in [0.05, 0.1) is 23.1 Å². The molecule has 1 aliphatic rings. The van der Waals surface area contributed by atoms with Crippen LogP contribution in [-0.2, 0) is 16.0 Å². The van der Waals surface area contributed by atoms with E-state index in [2.05, 4.69) is 4.98 Å². The summed E-state index contributed by atoms with van der Waals surface area (Å²) in [7, 11) is 0. The van der Waals surface area contributed by atoms with Crippen molar-refractivity contribution in [2.45, 2.75) is 19.3 Å². The average molecular weight is 365 g/mol. The van der Waals surface area contributed by atoms with Gasteiger partial charge in [-0.2, -0.15) is 0 Å². The normalized spacial score (nSPS) is 17.7. The fourth-order valence-electron chi connectivity index (χ4n) is 2.82. The van der Waals surface area contributed by atoms with E-state index in [0.29, 0.717) is 23.7 Å². The van der Waals surface area contributed by atoms with Crippen LogP contribution in [0.2, 0.25) is 5.02 Å². The molecule has 0 radical (unpaired) electrons. The van der Waals surface area contributed by atoms with Gasteiger partial charge in [0.2, 0.25) is 5.91 Å². The number of hydrogen-bond acceptors (Lipinski definition) is 4. The van der Waals surface area contributed by atoms with Crippen molar-refractivity contribution in [3.8, 4) is 10.6 Å². The number of piperidine rings is 1. The highest BCUT2D eigenvalue weighted by molar-refractivity contribution is 7.13. The Labute approximate surface area is 148 Å². The monoisotopic (exact) mass is 364 g/mol. The lowest BCUT2D eigenvalue weighted by Gasteiger charge is -2.30. The van der Waals surface area contributed by atoms with E-state index in [0.717, 1.165) is 17.0 Å². The molecule has 0 saturated carbocycles. The first-order valence-corrected chi connectivity index (χ1v) is 9.00. The number of rotatable bonds is 4. The van der Waals surface area contributed by atoms with Crippen molar-refractivity contribution < 1.29 is 14.7 Å². The number of carbonyl (C=O) groups is 2. The summed E-state index contributed by atoms with van der Waals surface area (Å²) < 4.78 is 0. The summed E-state index contributed by atoms with van der Waals surface area (Å²) in [6, 6.07) is 7.46. The van der Waals surface area contributed by atoms with Gasteiger partial charge in [0.25, 0.3) is 0 Å². The van der Waals surface area contributed by atoms with Crippen LogP contribution in [0.25, 0.3) is 10.6 Å². The van der Waals surface area contributed by atoms with Crippen molar-refractivity contribution in [1.29, 1.82) is 0 Å². The molecule has 2 heterocycles. The smallest absolute Gasteiger partial charge is 0.308 e. The molecule has 1 fully saturated rings. The Kier molecular flexibility index (Phi) is 5.16. The van der Waals surface area contributed by atoms with Crippen LogP contribution in [0.4, 0.5) is 0 Å². The molecule has 1 N–H and O–H groups in total. The van der Waals surface area contributed by atoms with Gasteiger partial charge in [-0.1, -0.05) is 29.8 Å². The molecule has 1 aromatic carbocycles. The molecule has 1 aliphatic heterocycles. The lowest BCUT2D eigenvalue weighted by Crippen LogP contribution is -2.43. The van der Waals surface area contributed by atoms with Gasteiger partial charge < -0.3 is 10.0 Å². The summed E-state index contributed by atoms with van der Waals surface area (Å²) in [5.41, 5.74) is 1.55. The molecule has 1 saturated heterocycles.